The summed E-state index contributed by atoms with van der Waals surface area (Å²) in [5.41, 5.74) is 1.99. The summed E-state index contributed by atoms with van der Waals surface area (Å²) >= 11 is 0. The maximum Gasteiger partial charge on any atom is 0.180 e. The van der Waals surface area contributed by atoms with Gasteiger partial charge in [0.1, 0.15) is 6.26 Å². The molecule has 5 nitrogen and oxygen atoms in total. The number of rotatable bonds is 4. The Balaban J connectivity index is 1.67. The maximum atomic E-state index is 5.77. The van der Waals surface area contributed by atoms with E-state index in [1.807, 2.05) is 18.2 Å². The maximum absolute atomic E-state index is 5.77. The topological polar surface area (TPSA) is 56.5 Å². The van der Waals surface area contributed by atoms with E-state index in [1.54, 1.807) is 6.26 Å². The molecule has 2 aromatic rings. The molecule has 1 aliphatic rings. The van der Waals surface area contributed by atoms with Crippen molar-refractivity contribution in [3.05, 3.63) is 42.1 Å². The van der Waals surface area contributed by atoms with Crippen LogP contribution in [0.1, 0.15) is 17.7 Å². The van der Waals surface area contributed by atoms with Crippen LogP contribution in [0.25, 0.3) is 0 Å². The summed E-state index contributed by atoms with van der Waals surface area (Å²) in [6.07, 6.45) is 3.99. The van der Waals surface area contributed by atoms with Gasteiger partial charge in [-0.15, -0.1) is 0 Å². The Hall–Kier alpha value is -2.01. The minimum absolute atomic E-state index is 0.668. The van der Waals surface area contributed by atoms with Gasteiger partial charge in [-0.2, -0.15) is 0 Å². The van der Waals surface area contributed by atoms with Crippen LogP contribution in [-0.4, -0.2) is 18.2 Å². The van der Waals surface area contributed by atoms with Gasteiger partial charge in [0.25, 0.3) is 0 Å². The molecule has 0 saturated carbocycles. The highest BCUT2D eigenvalue weighted by Gasteiger charge is 2.13. The average Bonchev–Trinajstić information content (AvgIpc) is 2.82. The van der Waals surface area contributed by atoms with Crippen LogP contribution in [0.2, 0.25) is 0 Å². The standard InChI is InChI=1S/C14H16N2O3/c1-3-11(7-15-8-12-9-17-10-16-12)14-13(4-1)18-5-2-6-19-14/h1,3-4,9-10,15H,2,5-8H2. The Kier molecular flexibility index (Phi) is 3.65. The van der Waals surface area contributed by atoms with E-state index in [-0.39, 0.29) is 0 Å². The summed E-state index contributed by atoms with van der Waals surface area (Å²) < 4.78 is 16.4. The minimum Gasteiger partial charge on any atom is -0.490 e. The fourth-order valence-corrected chi connectivity index (χ4v) is 2.04. The number of hydrogen-bond donors (Lipinski definition) is 1. The van der Waals surface area contributed by atoms with Crippen LogP contribution in [0, 0.1) is 0 Å². The molecule has 1 aliphatic heterocycles. The van der Waals surface area contributed by atoms with Gasteiger partial charge >= 0.3 is 0 Å². The predicted molar refractivity (Wildman–Crippen MR) is 69.1 cm³/mol. The Labute approximate surface area is 111 Å². The molecule has 0 atom stereocenters. The third-order valence-corrected chi connectivity index (χ3v) is 2.96. The quantitative estimate of drug-likeness (QED) is 0.912. The Bertz CT molecular complexity index is 525. The second-order valence-corrected chi connectivity index (χ2v) is 4.38. The number of nitrogens with zero attached hydrogens (tertiary/aromatic N) is 1. The largest absolute Gasteiger partial charge is 0.490 e. The van der Waals surface area contributed by atoms with E-state index >= 15 is 0 Å². The van der Waals surface area contributed by atoms with E-state index in [9.17, 15) is 0 Å². The molecule has 3 rings (SSSR count). The highest BCUT2D eigenvalue weighted by atomic mass is 16.5. The first-order valence-corrected chi connectivity index (χ1v) is 6.39. The third kappa shape index (κ3) is 2.88. The molecule has 0 fully saturated rings. The Morgan fingerprint density at radius 3 is 3.00 bits per heavy atom. The number of aromatic nitrogens is 1. The lowest BCUT2D eigenvalue weighted by Gasteiger charge is -2.12. The second kappa shape index (κ2) is 5.75. The van der Waals surface area contributed by atoms with E-state index in [2.05, 4.69) is 10.3 Å². The molecule has 19 heavy (non-hydrogen) atoms. The van der Waals surface area contributed by atoms with E-state index in [4.69, 9.17) is 13.9 Å². The fraction of sp³-hybridized carbons (Fsp3) is 0.357. The molecule has 100 valence electrons. The number of ether oxygens (including phenoxy) is 2. The molecule has 1 aromatic carbocycles. The molecule has 0 saturated heterocycles. The minimum atomic E-state index is 0.668. The van der Waals surface area contributed by atoms with Crippen LogP contribution in [-0.2, 0) is 13.1 Å². The molecule has 2 heterocycles. The number of hydrogen-bond acceptors (Lipinski definition) is 5. The van der Waals surface area contributed by atoms with Crippen molar-refractivity contribution in [2.75, 3.05) is 13.2 Å². The first-order valence-electron chi connectivity index (χ1n) is 6.39. The van der Waals surface area contributed by atoms with E-state index in [1.165, 1.54) is 6.39 Å². The summed E-state index contributed by atoms with van der Waals surface area (Å²) in [4.78, 5) is 4.06. The number of benzene rings is 1. The van der Waals surface area contributed by atoms with Crippen LogP contribution < -0.4 is 14.8 Å². The monoisotopic (exact) mass is 260 g/mol. The third-order valence-electron chi connectivity index (χ3n) is 2.96. The van der Waals surface area contributed by atoms with Crippen molar-refractivity contribution in [3.63, 3.8) is 0 Å². The Morgan fingerprint density at radius 1 is 1.16 bits per heavy atom. The van der Waals surface area contributed by atoms with Gasteiger partial charge in [0.15, 0.2) is 17.9 Å². The molecule has 5 heteroatoms. The lowest BCUT2D eigenvalue weighted by atomic mass is 10.2. The van der Waals surface area contributed by atoms with Crippen LogP contribution in [0.4, 0.5) is 0 Å². The first kappa shape index (κ1) is 12.0. The van der Waals surface area contributed by atoms with E-state index in [0.29, 0.717) is 26.3 Å². The van der Waals surface area contributed by atoms with Gasteiger partial charge in [-0.05, 0) is 6.07 Å². The predicted octanol–water partition coefficient (Wildman–Crippen LogP) is 2.13. The van der Waals surface area contributed by atoms with Gasteiger partial charge in [-0.1, -0.05) is 12.1 Å². The molecule has 0 unspecified atom stereocenters. The Morgan fingerprint density at radius 2 is 2.11 bits per heavy atom. The van der Waals surface area contributed by atoms with Gasteiger partial charge < -0.3 is 19.2 Å². The molecule has 0 bridgehead atoms. The SMILES string of the molecule is c1cc(CNCc2cocn2)c2c(c1)OCCCO2. The number of para-hydroxylation sites is 1. The van der Waals surface area contributed by atoms with Crippen LogP contribution in [0.5, 0.6) is 11.5 Å². The van der Waals surface area contributed by atoms with Crippen molar-refractivity contribution in [1.82, 2.24) is 10.3 Å². The van der Waals surface area contributed by atoms with E-state index < -0.39 is 0 Å². The zero-order valence-corrected chi connectivity index (χ0v) is 10.6. The lowest BCUT2D eigenvalue weighted by molar-refractivity contribution is 0.296. The summed E-state index contributed by atoms with van der Waals surface area (Å²) in [5.74, 6) is 1.69. The van der Waals surface area contributed by atoms with Crippen molar-refractivity contribution >= 4 is 0 Å². The molecule has 0 spiro atoms. The number of fused-ring (bicyclic) bond motifs is 1. The zero-order chi connectivity index (χ0) is 12.9. The summed E-state index contributed by atoms with van der Waals surface area (Å²) in [7, 11) is 0. The highest BCUT2D eigenvalue weighted by Crippen LogP contribution is 2.33. The van der Waals surface area contributed by atoms with Crippen molar-refractivity contribution in [2.45, 2.75) is 19.5 Å². The lowest BCUT2D eigenvalue weighted by Crippen LogP contribution is -2.14. The van der Waals surface area contributed by atoms with Gasteiger partial charge in [-0.3, -0.25) is 0 Å². The van der Waals surface area contributed by atoms with Crippen LogP contribution in [0.3, 0.4) is 0 Å². The summed E-state index contributed by atoms with van der Waals surface area (Å²) in [6, 6.07) is 5.98. The molecular formula is C14H16N2O3. The van der Waals surface area contributed by atoms with Crippen LogP contribution in [0.15, 0.2) is 35.3 Å². The van der Waals surface area contributed by atoms with Gasteiger partial charge in [0.2, 0.25) is 0 Å². The van der Waals surface area contributed by atoms with Crippen molar-refractivity contribution in [3.8, 4) is 11.5 Å². The average molecular weight is 260 g/mol. The van der Waals surface area contributed by atoms with E-state index in [0.717, 1.165) is 29.2 Å². The van der Waals surface area contributed by atoms with Crippen molar-refractivity contribution in [1.29, 1.82) is 0 Å². The van der Waals surface area contributed by atoms with Crippen molar-refractivity contribution in [2.24, 2.45) is 0 Å². The zero-order valence-electron chi connectivity index (χ0n) is 10.6. The molecule has 1 N–H and O–H groups in total. The smallest absolute Gasteiger partial charge is 0.180 e. The molecular weight excluding hydrogens is 244 g/mol. The molecule has 0 radical (unpaired) electrons. The molecule has 0 aliphatic carbocycles. The first-order chi connectivity index (χ1) is 9.43. The summed E-state index contributed by atoms with van der Waals surface area (Å²) in [6.45, 7) is 2.79. The highest BCUT2D eigenvalue weighted by molar-refractivity contribution is 5.47. The van der Waals surface area contributed by atoms with Gasteiger partial charge in [0, 0.05) is 25.1 Å². The molecule has 1 aromatic heterocycles. The second-order valence-electron chi connectivity index (χ2n) is 4.38. The summed E-state index contributed by atoms with van der Waals surface area (Å²) in [5, 5.41) is 3.32. The van der Waals surface area contributed by atoms with Gasteiger partial charge in [-0.25, -0.2) is 4.98 Å². The van der Waals surface area contributed by atoms with Crippen LogP contribution >= 0.6 is 0 Å². The molecule has 0 amide bonds. The van der Waals surface area contributed by atoms with Crippen molar-refractivity contribution < 1.29 is 13.9 Å². The number of oxazole rings is 1. The fourth-order valence-electron chi connectivity index (χ4n) is 2.04. The number of nitrogens with one attached hydrogen (secondary N) is 1. The van der Waals surface area contributed by atoms with Gasteiger partial charge in [0.05, 0.1) is 18.9 Å². The normalized spacial score (nSPS) is 14.1.